The molecular weight excluding hydrogens is 216 g/mol. The molecule has 1 atom stereocenters. The zero-order valence-corrected chi connectivity index (χ0v) is 7.88. The maximum absolute atomic E-state index is 10.7. The molecule has 0 radical (unpaired) electrons. The smallest absolute Gasteiger partial charge is 0.320 e. The van der Waals surface area contributed by atoms with E-state index in [9.17, 15) is 9.59 Å². The van der Waals surface area contributed by atoms with E-state index in [1.54, 1.807) is 0 Å². The van der Waals surface area contributed by atoms with Crippen LogP contribution in [-0.4, -0.2) is 31.0 Å². The molecule has 0 spiro atoms. The molecule has 11 heavy (non-hydrogen) atoms. The lowest BCUT2D eigenvalue weighted by molar-refractivity contribution is -0.146. The highest BCUT2D eigenvalue weighted by atomic mass is 79.9. The Morgan fingerprint density at radius 3 is 2.27 bits per heavy atom. The first kappa shape index (κ1) is 10.4. The third-order valence-corrected chi connectivity index (χ3v) is 1.73. The van der Waals surface area contributed by atoms with Gasteiger partial charge in [-0.3, -0.25) is 9.59 Å². The molecule has 4 nitrogen and oxygen atoms in total. The highest BCUT2D eigenvalue weighted by Gasteiger charge is 2.19. The summed E-state index contributed by atoms with van der Waals surface area (Å²) >= 11 is 2.97. The summed E-state index contributed by atoms with van der Waals surface area (Å²) in [6, 6.07) is 0. The minimum atomic E-state index is -0.611. The Bertz CT molecular complexity index is 157. The van der Waals surface area contributed by atoms with Crippen molar-refractivity contribution in [1.29, 1.82) is 0 Å². The quantitative estimate of drug-likeness (QED) is 0.518. The van der Waals surface area contributed by atoms with Crippen molar-refractivity contribution in [2.24, 2.45) is 0 Å². The van der Waals surface area contributed by atoms with Gasteiger partial charge in [-0.1, -0.05) is 15.9 Å². The van der Waals surface area contributed by atoms with Crippen molar-refractivity contribution in [3.63, 3.8) is 0 Å². The summed E-state index contributed by atoms with van der Waals surface area (Å²) in [5.41, 5.74) is 0. The molecule has 64 valence electrons. The lowest BCUT2D eigenvalue weighted by Crippen LogP contribution is -2.19. The van der Waals surface area contributed by atoms with Crippen LogP contribution in [0.1, 0.15) is 6.42 Å². The van der Waals surface area contributed by atoms with Gasteiger partial charge in [0.15, 0.2) is 0 Å². The van der Waals surface area contributed by atoms with E-state index in [-0.39, 0.29) is 6.42 Å². The highest BCUT2D eigenvalue weighted by Crippen LogP contribution is 2.07. The van der Waals surface area contributed by atoms with Gasteiger partial charge in [-0.15, -0.1) is 0 Å². The van der Waals surface area contributed by atoms with Crippen molar-refractivity contribution in [2.45, 2.75) is 11.2 Å². The van der Waals surface area contributed by atoms with Crippen LogP contribution < -0.4 is 0 Å². The van der Waals surface area contributed by atoms with Crippen molar-refractivity contribution in [3.8, 4) is 0 Å². The minimum absolute atomic E-state index is 0.0107. The van der Waals surface area contributed by atoms with Crippen molar-refractivity contribution in [3.05, 3.63) is 0 Å². The maximum atomic E-state index is 10.7. The van der Waals surface area contributed by atoms with Gasteiger partial charge in [-0.05, 0) is 0 Å². The molecule has 0 aromatic heterocycles. The van der Waals surface area contributed by atoms with E-state index >= 15 is 0 Å². The molecule has 0 rings (SSSR count). The first-order valence-corrected chi connectivity index (χ1v) is 3.82. The monoisotopic (exact) mass is 224 g/mol. The molecule has 0 amide bonds. The molecule has 0 aromatic carbocycles. The van der Waals surface area contributed by atoms with Gasteiger partial charge in [-0.25, -0.2) is 0 Å². The predicted molar refractivity (Wildman–Crippen MR) is 41.4 cm³/mol. The normalized spacial score (nSPS) is 11.9. The van der Waals surface area contributed by atoms with Gasteiger partial charge < -0.3 is 9.47 Å². The van der Waals surface area contributed by atoms with E-state index in [4.69, 9.17) is 0 Å². The molecule has 0 saturated carbocycles. The van der Waals surface area contributed by atoms with Crippen LogP contribution in [0.25, 0.3) is 0 Å². The number of ether oxygens (including phenoxy) is 2. The fourth-order valence-electron chi connectivity index (χ4n) is 0.441. The second-order valence-electron chi connectivity index (χ2n) is 1.77. The van der Waals surface area contributed by atoms with E-state index in [0.29, 0.717) is 0 Å². The van der Waals surface area contributed by atoms with E-state index in [2.05, 4.69) is 25.4 Å². The van der Waals surface area contributed by atoms with Crippen LogP contribution in [0.3, 0.4) is 0 Å². The number of hydrogen-bond donors (Lipinski definition) is 0. The molecule has 0 heterocycles. The fraction of sp³-hybridized carbons (Fsp3) is 0.667. The Labute approximate surface area is 73.0 Å². The van der Waals surface area contributed by atoms with Crippen molar-refractivity contribution in [2.75, 3.05) is 14.2 Å². The summed E-state index contributed by atoms with van der Waals surface area (Å²) in [5, 5.41) is 0. The molecule has 0 bridgehead atoms. The van der Waals surface area contributed by atoms with Gasteiger partial charge in [0.1, 0.15) is 4.83 Å². The first-order chi connectivity index (χ1) is 5.11. The maximum Gasteiger partial charge on any atom is 0.320 e. The van der Waals surface area contributed by atoms with Crippen molar-refractivity contribution < 1.29 is 19.1 Å². The lowest BCUT2D eigenvalue weighted by Gasteiger charge is -2.04. The van der Waals surface area contributed by atoms with Gasteiger partial charge in [0, 0.05) is 0 Å². The summed E-state index contributed by atoms with van der Waals surface area (Å²) in [5.74, 6) is -0.923. The molecule has 5 heteroatoms. The van der Waals surface area contributed by atoms with Crippen LogP contribution in [0, 0.1) is 0 Å². The third kappa shape index (κ3) is 3.98. The molecule has 0 N–H and O–H groups in total. The highest BCUT2D eigenvalue weighted by molar-refractivity contribution is 9.10. The van der Waals surface area contributed by atoms with Gasteiger partial charge >= 0.3 is 11.9 Å². The van der Waals surface area contributed by atoms with Gasteiger partial charge in [0.25, 0.3) is 0 Å². The van der Waals surface area contributed by atoms with Crippen molar-refractivity contribution in [1.82, 2.24) is 0 Å². The van der Waals surface area contributed by atoms with Gasteiger partial charge in [0.2, 0.25) is 0 Å². The number of carbonyl (C=O) groups is 2. The van der Waals surface area contributed by atoms with Crippen LogP contribution in [0.4, 0.5) is 0 Å². The van der Waals surface area contributed by atoms with Gasteiger partial charge in [0.05, 0.1) is 20.6 Å². The Kier molecular flexibility index (Phi) is 4.85. The van der Waals surface area contributed by atoms with E-state index in [1.165, 1.54) is 14.2 Å². The summed E-state index contributed by atoms with van der Waals surface area (Å²) in [6.45, 7) is 0. The van der Waals surface area contributed by atoms with Crippen LogP contribution in [0.5, 0.6) is 0 Å². The molecule has 0 fully saturated rings. The topological polar surface area (TPSA) is 52.6 Å². The molecule has 0 saturated heterocycles. The number of halogens is 1. The van der Waals surface area contributed by atoms with Gasteiger partial charge in [-0.2, -0.15) is 0 Å². The Balaban J connectivity index is 3.77. The Hall–Kier alpha value is -0.580. The lowest BCUT2D eigenvalue weighted by atomic mass is 10.3. The fourth-order valence-corrected chi connectivity index (χ4v) is 0.892. The van der Waals surface area contributed by atoms with Crippen molar-refractivity contribution >= 4 is 27.9 Å². The second-order valence-corrected chi connectivity index (χ2v) is 2.88. The number of carbonyl (C=O) groups excluding carboxylic acids is 2. The summed E-state index contributed by atoms with van der Waals surface area (Å²) in [4.78, 5) is 20.7. The van der Waals surface area contributed by atoms with E-state index in [1.807, 2.05) is 0 Å². The van der Waals surface area contributed by atoms with Crippen LogP contribution >= 0.6 is 15.9 Å². The largest absolute Gasteiger partial charge is 0.469 e. The standard InChI is InChI=1S/C6H9BrO4/c1-10-5(8)3-4(7)6(9)11-2/h4H,3H2,1-2H3/t4-/m1/s1. The predicted octanol–water partition coefficient (Wildman–Crippen LogP) is 0.486. The Morgan fingerprint density at radius 1 is 1.36 bits per heavy atom. The minimum Gasteiger partial charge on any atom is -0.469 e. The van der Waals surface area contributed by atoms with Crippen LogP contribution in [0.15, 0.2) is 0 Å². The summed E-state index contributed by atoms with van der Waals surface area (Å²) in [6.07, 6.45) is -0.0107. The van der Waals surface area contributed by atoms with E-state index < -0.39 is 16.8 Å². The second kappa shape index (κ2) is 5.12. The number of hydrogen-bond acceptors (Lipinski definition) is 4. The average Bonchev–Trinajstić information content (AvgIpc) is 2.02. The number of methoxy groups -OCH3 is 2. The third-order valence-electron chi connectivity index (χ3n) is 1.03. The molecule has 0 aromatic rings. The SMILES string of the molecule is COC(=O)C[C@@H](Br)C(=O)OC. The zero-order valence-electron chi connectivity index (χ0n) is 6.30. The number of alkyl halides is 1. The average molecular weight is 225 g/mol. The van der Waals surface area contributed by atoms with Crippen LogP contribution in [0.2, 0.25) is 0 Å². The zero-order chi connectivity index (χ0) is 8.85. The molecular formula is C6H9BrO4. The number of esters is 2. The summed E-state index contributed by atoms with van der Waals surface area (Å²) < 4.78 is 8.70. The first-order valence-electron chi connectivity index (χ1n) is 2.90. The molecule has 0 unspecified atom stereocenters. The Morgan fingerprint density at radius 2 is 1.91 bits per heavy atom. The number of rotatable bonds is 3. The molecule has 0 aliphatic heterocycles. The summed E-state index contributed by atoms with van der Waals surface area (Å²) in [7, 11) is 2.52. The molecule has 0 aliphatic rings. The van der Waals surface area contributed by atoms with Crippen LogP contribution in [-0.2, 0) is 19.1 Å². The van der Waals surface area contributed by atoms with E-state index in [0.717, 1.165) is 0 Å². The molecule has 0 aliphatic carbocycles.